The van der Waals surface area contributed by atoms with Crippen molar-refractivity contribution in [2.75, 3.05) is 5.32 Å². The molecule has 2 N–H and O–H groups in total. The number of hydrogen-bond acceptors (Lipinski definition) is 6. The molecule has 0 saturated carbocycles. The maximum absolute atomic E-state index is 12.4. The molecule has 0 saturated heterocycles. The maximum atomic E-state index is 12.4. The van der Waals surface area contributed by atoms with Crippen molar-refractivity contribution >= 4 is 23.4 Å². The Balaban J connectivity index is 1.66. The van der Waals surface area contributed by atoms with Gasteiger partial charge in [-0.15, -0.1) is 10.2 Å². The summed E-state index contributed by atoms with van der Waals surface area (Å²) in [6.07, 6.45) is 0. The molecule has 0 radical (unpaired) electrons. The summed E-state index contributed by atoms with van der Waals surface area (Å²) in [5.41, 5.74) is 3.50. The van der Waals surface area contributed by atoms with Crippen LogP contribution in [-0.2, 0) is 4.79 Å². The van der Waals surface area contributed by atoms with Crippen molar-refractivity contribution in [2.24, 2.45) is 0 Å². The molecule has 2 aromatic carbocycles. The molecule has 1 amide bonds. The maximum Gasteiger partial charge on any atom is 0.277 e. The van der Waals surface area contributed by atoms with Crippen LogP contribution < -0.4 is 5.32 Å². The number of thioether (sulfide) groups is 1. The monoisotopic (exact) mass is 369 g/mol. The van der Waals surface area contributed by atoms with E-state index < -0.39 is 5.25 Å². The summed E-state index contributed by atoms with van der Waals surface area (Å²) in [7, 11) is 0. The second-order valence-electron chi connectivity index (χ2n) is 5.94. The molecule has 3 aromatic rings. The SMILES string of the molecule is Cc1ccc(NC(=O)[C@@H](C)Sc2nnc(-c3ccccc3O)o2)cc1C. The molecule has 0 unspecified atom stereocenters. The highest BCUT2D eigenvalue weighted by Crippen LogP contribution is 2.31. The second-order valence-corrected chi connectivity index (χ2v) is 7.23. The van der Waals surface area contributed by atoms with Crippen molar-refractivity contribution < 1.29 is 14.3 Å². The Morgan fingerprint density at radius 1 is 1.15 bits per heavy atom. The molecule has 1 atom stereocenters. The van der Waals surface area contributed by atoms with E-state index in [-0.39, 0.29) is 22.8 Å². The van der Waals surface area contributed by atoms with E-state index in [1.54, 1.807) is 31.2 Å². The van der Waals surface area contributed by atoms with Crippen LogP contribution >= 0.6 is 11.8 Å². The van der Waals surface area contributed by atoms with Crippen LogP contribution in [0.1, 0.15) is 18.1 Å². The molecule has 6 nitrogen and oxygen atoms in total. The molecule has 0 spiro atoms. The van der Waals surface area contributed by atoms with Gasteiger partial charge in [-0.25, -0.2) is 0 Å². The van der Waals surface area contributed by atoms with Crippen LogP contribution in [0.4, 0.5) is 5.69 Å². The summed E-state index contributed by atoms with van der Waals surface area (Å²) in [6, 6.07) is 12.5. The fourth-order valence-corrected chi connectivity index (χ4v) is 2.97. The predicted octanol–water partition coefficient (Wildman–Crippen LogP) is 4.18. The van der Waals surface area contributed by atoms with Crippen LogP contribution in [0.2, 0.25) is 0 Å². The summed E-state index contributed by atoms with van der Waals surface area (Å²) in [5, 5.41) is 20.5. The minimum absolute atomic E-state index is 0.0632. The highest BCUT2D eigenvalue weighted by Gasteiger charge is 2.19. The number of rotatable bonds is 5. The lowest BCUT2D eigenvalue weighted by atomic mass is 10.1. The van der Waals surface area contributed by atoms with Crippen LogP contribution in [0.3, 0.4) is 0 Å². The molecule has 26 heavy (non-hydrogen) atoms. The van der Waals surface area contributed by atoms with E-state index in [4.69, 9.17) is 4.42 Å². The smallest absolute Gasteiger partial charge is 0.277 e. The number of amides is 1. The average Bonchev–Trinajstić information content (AvgIpc) is 3.06. The van der Waals surface area contributed by atoms with Gasteiger partial charge in [0.05, 0.1) is 10.8 Å². The Labute approximate surface area is 155 Å². The fraction of sp³-hybridized carbons (Fsp3) is 0.211. The van der Waals surface area contributed by atoms with Gasteiger partial charge in [-0.3, -0.25) is 4.79 Å². The largest absolute Gasteiger partial charge is 0.507 e. The van der Waals surface area contributed by atoms with Crippen LogP contribution in [0, 0.1) is 13.8 Å². The van der Waals surface area contributed by atoms with Gasteiger partial charge in [0.15, 0.2) is 0 Å². The third-order valence-electron chi connectivity index (χ3n) is 3.96. The zero-order chi connectivity index (χ0) is 18.7. The van der Waals surface area contributed by atoms with E-state index >= 15 is 0 Å². The second kappa shape index (κ2) is 7.61. The Bertz CT molecular complexity index is 939. The molecule has 0 aliphatic heterocycles. The quantitative estimate of drug-likeness (QED) is 0.656. The average molecular weight is 369 g/mol. The first kappa shape index (κ1) is 18.0. The summed E-state index contributed by atoms with van der Waals surface area (Å²) in [6.45, 7) is 5.80. The van der Waals surface area contributed by atoms with Crippen LogP contribution in [0.5, 0.6) is 5.75 Å². The highest BCUT2D eigenvalue weighted by molar-refractivity contribution is 8.00. The number of aromatic nitrogens is 2. The molecule has 1 heterocycles. The van der Waals surface area contributed by atoms with Gasteiger partial charge in [0.2, 0.25) is 5.91 Å². The lowest BCUT2D eigenvalue weighted by Crippen LogP contribution is -2.22. The Morgan fingerprint density at radius 3 is 2.65 bits per heavy atom. The molecule has 134 valence electrons. The summed E-state index contributed by atoms with van der Waals surface area (Å²) in [5.74, 6) is 0.126. The number of benzene rings is 2. The first-order valence-electron chi connectivity index (χ1n) is 8.10. The first-order valence-corrected chi connectivity index (χ1v) is 8.98. The van der Waals surface area contributed by atoms with Gasteiger partial charge >= 0.3 is 0 Å². The van der Waals surface area contributed by atoms with Crippen molar-refractivity contribution in [3.05, 3.63) is 53.6 Å². The van der Waals surface area contributed by atoms with Gasteiger partial charge < -0.3 is 14.8 Å². The molecule has 0 bridgehead atoms. The highest BCUT2D eigenvalue weighted by atomic mass is 32.2. The Kier molecular flexibility index (Phi) is 5.27. The number of para-hydroxylation sites is 1. The van der Waals surface area contributed by atoms with E-state index in [0.29, 0.717) is 5.56 Å². The van der Waals surface area contributed by atoms with Crippen LogP contribution in [-0.4, -0.2) is 26.5 Å². The van der Waals surface area contributed by atoms with Crippen LogP contribution in [0.25, 0.3) is 11.5 Å². The normalized spacial score (nSPS) is 12.0. The molecule has 0 aliphatic rings. The number of aromatic hydroxyl groups is 1. The molecular weight excluding hydrogens is 350 g/mol. The molecular formula is C19H19N3O3S. The number of nitrogens with one attached hydrogen (secondary N) is 1. The van der Waals surface area contributed by atoms with E-state index in [1.165, 1.54) is 17.3 Å². The van der Waals surface area contributed by atoms with E-state index in [1.807, 2.05) is 32.0 Å². The number of phenolic OH excluding ortho intramolecular Hbond substituents is 1. The summed E-state index contributed by atoms with van der Waals surface area (Å²) >= 11 is 1.17. The van der Waals surface area contributed by atoms with Crippen molar-refractivity contribution in [3.8, 4) is 17.2 Å². The van der Waals surface area contributed by atoms with Gasteiger partial charge in [-0.05, 0) is 56.2 Å². The van der Waals surface area contributed by atoms with Crippen molar-refractivity contribution in [3.63, 3.8) is 0 Å². The van der Waals surface area contributed by atoms with E-state index in [0.717, 1.165) is 11.3 Å². The predicted molar refractivity (Wildman–Crippen MR) is 101 cm³/mol. The van der Waals surface area contributed by atoms with Crippen LogP contribution in [0.15, 0.2) is 52.1 Å². The van der Waals surface area contributed by atoms with Gasteiger partial charge in [0, 0.05) is 5.69 Å². The lowest BCUT2D eigenvalue weighted by Gasteiger charge is -2.11. The molecule has 7 heteroatoms. The third kappa shape index (κ3) is 4.05. The first-order chi connectivity index (χ1) is 12.4. The minimum atomic E-state index is -0.422. The zero-order valence-corrected chi connectivity index (χ0v) is 15.5. The fourth-order valence-electron chi connectivity index (χ4n) is 2.29. The number of anilines is 1. The molecule has 0 aliphatic carbocycles. The topological polar surface area (TPSA) is 88.2 Å². The molecule has 0 fully saturated rings. The number of aryl methyl sites for hydroxylation is 2. The van der Waals surface area contributed by atoms with Crippen molar-refractivity contribution in [2.45, 2.75) is 31.2 Å². The Hall–Kier alpha value is -2.80. The van der Waals surface area contributed by atoms with E-state index in [2.05, 4.69) is 15.5 Å². The lowest BCUT2D eigenvalue weighted by molar-refractivity contribution is -0.115. The number of carbonyl (C=O) groups excluding carboxylic acids is 1. The van der Waals surface area contributed by atoms with Gasteiger partial charge in [-0.2, -0.15) is 0 Å². The number of nitrogens with zero attached hydrogens (tertiary/aromatic N) is 2. The van der Waals surface area contributed by atoms with Gasteiger partial charge in [0.25, 0.3) is 11.1 Å². The minimum Gasteiger partial charge on any atom is -0.507 e. The van der Waals surface area contributed by atoms with Gasteiger partial charge in [0.1, 0.15) is 5.75 Å². The number of carbonyl (C=O) groups is 1. The van der Waals surface area contributed by atoms with E-state index in [9.17, 15) is 9.90 Å². The zero-order valence-electron chi connectivity index (χ0n) is 14.7. The van der Waals surface area contributed by atoms with Gasteiger partial charge in [-0.1, -0.05) is 30.0 Å². The number of phenols is 1. The van der Waals surface area contributed by atoms with Crippen molar-refractivity contribution in [1.29, 1.82) is 0 Å². The third-order valence-corrected chi connectivity index (χ3v) is 4.90. The Morgan fingerprint density at radius 2 is 1.92 bits per heavy atom. The molecule has 1 aromatic heterocycles. The standard InChI is InChI=1S/C19H19N3O3S/c1-11-8-9-14(10-12(11)2)20-17(24)13(3)26-19-22-21-18(25-19)15-6-4-5-7-16(15)23/h4-10,13,23H,1-3H3,(H,20,24)/t13-/m1/s1. The summed E-state index contributed by atoms with van der Waals surface area (Å²) < 4.78 is 5.56. The number of hydrogen-bond donors (Lipinski definition) is 2. The summed E-state index contributed by atoms with van der Waals surface area (Å²) in [4.78, 5) is 12.4. The molecule has 3 rings (SSSR count). The van der Waals surface area contributed by atoms with Crippen molar-refractivity contribution in [1.82, 2.24) is 10.2 Å².